The SMILES string of the molecule is CN(C)c1ccc(/C=N\NC(=O)CN2C[C@H](c3ccccc3)CC2=O)cc1. The summed E-state index contributed by atoms with van der Waals surface area (Å²) in [6.45, 7) is 0.588. The van der Waals surface area contributed by atoms with Crippen molar-refractivity contribution in [1.82, 2.24) is 10.3 Å². The molecule has 0 aliphatic carbocycles. The van der Waals surface area contributed by atoms with Crippen LogP contribution in [0.4, 0.5) is 5.69 Å². The van der Waals surface area contributed by atoms with Gasteiger partial charge in [-0.3, -0.25) is 9.59 Å². The molecule has 0 bridgehead atoms. The molecular weight excluding hydrogens is 340 g/mol. The lowest BCUT2D eigenvalue weighted by Crippen LogP contribution is -2.36. The van der Waals surface area contributed by atoms with Crippen LogP contribution >= 0.6 is 0 Å². The average Bonchev–Trinajstić information content (AvgIpc) is 3.03. The number of hydrazone groups is 1. The highest BCUT2D eigenvalue weighted by molar-refractivity contribution is 5.87. The number of amides is 2. The molecule has 3 rings (SSSR count). The third kappa shape index (κ3) is 4.94. The molecule has 27 heavy (non-hydrogen) atoms. The number of nitrogens with zero attached hydrogens (tertiary/aromatic N) is 3. The zero-order valence-corrected chi connectivity index (χ0v) is 15.6. The minimum Gasteiger partial charge on any atom is -0.378 e. The lowest BCUT2D eigenvalue weighted by Gasteiger charge is -2.15. The molecule has 0 spiro atoms. The van der Waals surface area contributed by atoms with E-state index in [1.54, 1.807) is 11.1 Å². The van der Waals surface area contributed by atoms with Crippen LogP contribution in [0.2, 0.25) is 0 Å². The molecule has 0 saturated carbocycles. The van der Waals surface area contributed by atoms with Crippen LogP contribution in [0.1, 0.15) is 23.5 Å². The molecule has 1 saturated heterocycles. The van der Waals surface area contributed by atoms with E-state index >= 15 is 0 Å². The van der Waals surface area contributed by atoms with E-state index in [1.165, 1.54) is 0 Å². The number of carbonyl (C=O) groups is 2. The van der Waals surface area contributed by atoms with Gasteiger partial charge in [-0.2, -0.15) is 5.10 Å². The second-order valence-corrected chi connectivity index (χ2v) is 6.87. The number of benzene rings is 2. The highest BCUT2D eigenvalue weighted by Crippen LogP contribution is 2.27. The predicted molar refractivity (Wildman–Crippen MR) is 107 cm³/mol. The molecule has 0 unspecified atom stereocenters. The zero-order chi connectivity index (χ0) is 19.2. The summed E-state index contributed by atoms with van der Waals surface area (Å²) in [4.78, 5) is 27.9. The lowest BCUT2D eigenvalue weighted by atomic mass is 9.99. The first-order chi connectivity index (χ1) is 13.0. The van der Waals surface area contributed by atoms with Gasteiger partial charge >= 0.3 is 0 Å². The topological polar surface area (TPSA) is 65.0 Å². The second kappa shape index (κ2) is 8.49. The number of hydrogen-bond donors (Lipinski definition) is 1. The summed E-state index contributed by atoms with van der Waals surface area (Å²) in [7, 11) is 3.95. The minimum absolute atomic E-state index is 0.00209. The smallest absolute Gasteiger partial charge is 0.259 e. The maximum absolute atomic E-state index is 12.2. The first kappa shape index (κ1) is 18.6. The van der Waals surface area contributed by atoms with Crippen molar-refractivity contribution >= 4 is 23.7 Å². The first-order valence-electron chi connectivity index (χ1n) is 8.95. The molecule has 6 heteroatoms. The van der Waals surface area contributed by atoms with Crippen LogP contribution in [-0.2, 0) is 9.59 Å². The summed E-state index contributed by atoms with van der Waals surface area (Å²) in [6, 6.07) is 17.8. The van der Waals surface area contributed by atoms with Gasteiger partial charge in [-0.15, -0.1) is 0 Å². The van der Waals surface area contributed by atoms with Gasteiger partial charge in [-0.1, -0.05) is 42.5 Å². The van der Waals surface area contributed by atoms with Crippen LogP contribution in [0.15, 0.2) is 59.7 Å². The third-order valence-electron chi connectivity index (χ3n) is 4.63. The Balaban J connectivity index is 1.49. The highest BCUT2D eigenvalue weighted by Gasteiger charge is 2.31. The number of nitrogens with one attached hydrogen (secondary N) is 1. The molecule has 1 aliphatic rings. The van der Waals surface area contributed by atoms with Crippen molar-refractivity contribution in [1.29, 1.82) is 0 Å². The largest absolute Gasteiger partial charge is 0.378 e. The molecular formula is C21H24N4O2. The number of rotatable bonds is 6. The van der Waals surface area contributed by atoms with Crippen LogP contribution in [0.5, 0.6) is 0 Å². The van der Waals surface area contributed by atoms with E-state index in [9.17, 15) is 9.59 Å². The van der Waals surface area contributed by atoms with Crippen LogP contribution in [0.3, 0.4) is 0 Å². The second-order valence-electron chi connectivity index (χ2n) is 6.87. The maximum Gasteiger partial charge on any atom is 0.259 e. The van der Waals surface area contributed by atoms with Crippen molar-refractivity contribution in [3.05, 3.63) is 65.7 Å². The van der Waals surface area contributed by atoms with Gasteiger partial charge in [0.05, 0.1) is 6.21 Å². The summed E-state index contributed by atoms with van der Waals surface area (Å²) in [5.74, 6) is -0.148. The van der Waals surface area contributed by atoms with E-state index < -0.39 is 0 Å². The van der Waals surface area contributed by atoms with E-state index in [0.717, 1.165) is 16.8 Å². The molecule has 0 aromatic heterocycles. The Bertz CT molecular complexity index is 816. The Hall–Kier alpha value is -3.15. The van der Waals surface area contributed by atoms with Gasteiger partial charge in [-0.25, -0.2) is 5.43 Å². The molecule has 2 amide bonds. The number of hydrogen-bond acceptors (Lipinski definition) is 4. The Morgan fingerprint density at radius 3 is 2.56 bits per heavy atom. The Labute approximate surface area is 159 Å². The van der Waals surface area contributed by atoms with Gasteiger partial charge < -0.3 is 9.80 Å². The molecule has 1 aliphatic heterocycles. The van der Waals surface area contributed by atoms with Crippen LogP contribution < -0.4 is 10.3 Å². The standard InChI is InChI=1S/C21H24N4O2/c1-24(2)19-10-8-16(9-11-19)13-22-23-20(26)15-25-14-18(12-21(25)27)17-6-4-3-5-7-17/h3-11,13,18H,12,14-15H2,1-2H3,(H,23,26)/b22-13-/t18-/m1/s1. The van der Waals surface area contributed by atoms with E-state index in [2.05, 4.69) is 10.5 Å². The van der Waals surface area contributed by atoms with Gasteiger partial charge in [0.15, 0.2) is 0 Å². The lowest BCUT2D eigenvalue weighted by molar-refractivity contribution is -0.133. The number of likely N-dealkylation sites (tertiary alicyclic amines) is 1. The van der Waals surface area contributed by atoms with E-state index in [1.807, 2.05) is 73.6 Å². The molecule has 1 fully saturated rings. The fourth-order valence-electron chi connectivity index (χ4n) is 3.12. The van der Waals surface area contributed by atoms with E-state index in [0.29, 0.717) is 13.0 Å². The van der Waals surface area contributed by atoms with E-state index in [-0.39, 0.29) is 24.3 Å². The summed E-state index contributed by atoms with van der Waals surface area (Å²) >= 11 is 0. The predicted octanol–water partition coefficient (Wildman–Crippen LogP) is 2.22. The summed E-state index contributed by atoms with van der Waals surface area (Å²) in [5.41, 5.74) is 5.61. The number of carbonyl (C=O) groups excluding carboxylic acids is 2. The van der Waals surface area contributed by atoms with E-state index in [4.69, 9.17) is 0 Å². The van der Waals surface area contributed by atoms with Crippen molar-refractivity contribution < 1.29 is 9.59 Å². The van der Waals surface area contributed by atoms with Crippen molar-refractivity contribution in [2.45, 2.75) is 12.3 Å². The molecule has 6 nitrogen and oxygen atoms in total. The normalized spacial score (nSPS) is 16.7. The fourth-order valence-corrected chi connectivity index (χ4v) is 3.12. The van der Waals surface area contributed by atoms with Gasteiger partial charge in [0.1, 0.15) is 6.54 Å². The molecule has 2 aromatic carbocycles. The van der Waals surface area contributed by atoms with Crippen LogP contribution in [0, 0.1) is 0 Å². The molecule has 2 aromatic rings. The van der Waals surface area contributed by atoms with Gasteiger partial charge in [0, 0.05) is 38.7 Å². The van der Waals surface area contributed by atoms with Crippen LogP contribution in [-0.4, -0.2) is 50.1 Å². The molecule has 1 heterocycles. The molecule has 1 atom stereocenters. The summed E-state index contributed by atoms with van der Waals surface area (Å²) < 4.78 is 0. The van der Waals surface area contributed by atoms with Crippen molar-refractivity contribution in [2.75, 3.05) is 32.1 Å². The maximum atomic E-state index is 12.2. The molecule has 0 radical (unpaired) electrons. The summed E-state index contributed by atoms with van der Waals surface area (Å²) in [6.07, 6.45) is 2.04. The van der Waals surface area contributed by atoms with Gasteiger partial charge in [-0.05, 0) is 23.3 Å². The van der Waals surface area contributed by atoms with Crippen molar-refractivity contribution in [3.63, 3.8) is 0 Å². The zero-order valence-electron chi connectivity index (χ0n) is 15.6. The van der Waals surface area contributed by atoms with Crippen molar-refractivity contribution in [3.8, 4) is 0 Å². The Morgan fingerprint density at radius 2 is 1.89 bits per heavy atom. The van der Waals surface area contributed by atoms with Gasteiger partial charge in [0.25, 0.3) is 5.91 Å². The highest BCUT2D eigenvalue weighted by atomic mass is 16.2. The van der Waals surface area contributed by atoms with Crippen molar-refractivity contribution in [2.24, 2.45) is 5.10 Å². The Morgan fingerprint density at radius 1 is 1.19 bits per heavy atom. The van der Waals surface area contributed by atoms with Gasteiger partial charge in [0.2, 0.25) is 5.91 Å². The number of anilines is 1. The average molecular weight is 364 g/mol. The van der Waals surface area contributed by atoms with Crippen LogP contribution in [0.25, 0.3) is 0 Å². The first-order valence-corrected chi connectivity index (χ1v) is 8.95. The minimum atomic E-state index is -0.293. The molecule has 140 valence electrons. The fraction of sp³-hybridized carbons (Fsp3) is 0.286. The monoisotopic (exact) mass is 364 g/mol. The summed E-state index contributed by atoms with van der Waals surface area (Å²) in [5, 5.41) is 3.98. The quantitative estimate of drug-likeness (QED) is 0.631. The third-order valence-corrected chi connectivity index (χ3v) is 4.63. The Kier molecular flexibility index (Phi) is 5.86. The molecule has 1 N–H and O–H groups in total.